The molecule has 1 fully saturated rings. The van der Waals surface area contributed by atoms with Crippen molar-refractivity contribution in [3.05, 3.63) is 71.8 Å². The fraction of sp³-hybridized carbons (Fsp3) is 0.294. The van der Waals surface area contributed by atoms with E-state index in [1.165, 1.54) is 0 Å². The van der Waals surface area contributed by atoms with Crippen molar-refractivity contribution in [2.24, 2.45) is 0 Å². The molecule has 0 amide bonds. The maximum Gasteiger partial charge on any atom is 0.103 e. The number of rotatable bonds is 2. The van der Waals surface area contributed by atoms with Crippen LogP contribution in [0.2, 0.25) is 0 Å². The number of hydrogen-bond acceptors (Lipinski definition) is 3. The second-order valence-corrected chi connectivity index (χ2v) is 6.46. The lowest BCUT2D eigenvalue weighted by molar-refractivity contribution is -0.00374. The van der Waals surface area contributed by atoms with Gasteiger partial charge in [0.05, 0.1) is 10.9 Å². The number of aliphatic hydroxyl groups excluding tert-OH is 2. The Morgan fingerprint density at radius 2 is 1.35 bits per heavy atom. The highest BCUT2D eigenvalue weighted by Crippen LogP contribution is 2.49. The summed E-state index contributed by atoms with van der Waals surface area (Å²) in [6.45, 7) is 0. The van der Waals surface area contributed by atoms with Crippen molar-refractivity contribution in [3.63, 3.8) is 0 Å². The van der Waals surface area contributed by atoms with Crippen LogP contribution in [0.1, 0.15) is 17.5 Å². The minimum Gasteiger partial charge on any atom is -0.390 e. The van der Waals surface area contributed by atoms with Crippen LogP contribution in [0.4, 0.5) is 0 Å². The molecule has 2 aromatic carbocycles. The fourth-order valence-electron chi connectivity index (χ4n) is 2.90. The van der Waals surface area contributed by atoms with Gasteiger partial charge >= 0.3 is 0 Å². The van der Waals surface area contributed by atoms with Crippen molar-refractivity contribution < 1.29 is 10.2 Å². The molecule has 0 radical (unpaired) electrons. The molecule has 1 aliphatic heterocycles. The van der Waals surface area contributed by atoms with E-state index in [1.807, 2.05) is 60.7 Å². The third-order valence-corrected chi connectivity index (χ3v) is 5.54. The highest BCUT2D eigenvalue weighted by molar-refractivity contribution is 8.00. The third-order valence-electron chi connectivity index (χ3n) is 3.93. The van der Waals surface area contributed by atoms with Gasteiger partial charge in [-0.3, -0.25) is 0 Å². The van der Waals surface area contributed by atoms with E-state index < -0.39 is 17.0 Å². The quantitative estimate of drug-likeness (QED) is 0.892. The molecule has 2 N–H and O–H groups in total. The van der Waals surface area contributed by atoms with Crippen LogP contribution in [0.3, 0.4) is 0 Å². The van der Waals surface area contributed by atoms with Gasteiger partial charge < -0.3 is 10.2 Å². The number of aliphatic hydroxyl groups is 2. The van der Waals surface area contributed by atoms with Crippen LogP contribution < -0.4 is 0 Å². The predicted octanol–water partition coefficient (Wildman–Crippen LogP) is 2.79. The smallest absolute Gasteiger partial charge is 0.103 e. The first-order valence-corrected chi connectivity index (χ1v) is 7.85. The molecule has 2 nitrogen and oxygen atoms in total. The predicted molar refractivity (Wildman–Crippen MR) is 82.8 cm³/mol. The summed E-state index contributed by atoms with van der Waals surface area (Å²) in [6, 6.07) is 20.0. The molecule has 3 heteroatoms. The standard InChI is InChI=1S/C17H18O2S/c18-15-11-12-20-17(16(15)19,13-7-3-1-4-8-13)14-9-5-2-6-10-14/h1-10,15-16,18-19H,11-12H2. The van der Waals surface area contributed by atoms with Gasteiger partial charge in [-0.25, -0.2) is 0 Å². The van der Waals surface area contributed by atoms with Crippen LogP contribution in [-0.2, 0) is 4.75 Å². The molecule has 0 saturated carbocycles. The normalized spacial score (nSPS) is 25.3. The number of benzene rings is 2. The van der Waals surface area contributed by atoms with Gasteiger partial charge in [-0.05, 0) is 23.3 Å². The summed E-state index contributed by atoms with van der Waals surface area (Å²) >= 11 is 1.72. The monoisotopic (exact) mass is 286 g/mol. The van der Waals surface area contributed by atoms with Crippen LogP contribution >= 0.6 is 11.8 Å². The Kier molecular flexibility index (Phi) is 3.83. The van der Waals surface area contributed by atoms with Gasteiger partial charge in [0.2, 0.25) is 0 Å². The van der Waals surface area contributed by atoms with Gasteiger partial charge in [0.25, 0.3) is 0 Å². The van der Waals surface area contributed by atoms with Gasteiger partial charge in [-0.1, -0.05) is 60.7 Å². The van der Waals surface area contributed by atoms with Gasteiger partial charge in [0.1, 0.15) is 6.10 Å². The summed E-state index contributed by atoms with van der Waals surface area (Å²) in [5.74, 6) is 0.835. The molecule has 0 aliphatic carbocycles. The van der Waals surface area contributed by atoms with E-state index in [2.05, 4.69) is 0 Å². The first-order valence-electron chi connectivity index (χ1n) is 6.86. The maximum absolute atomic E-state index is 10.7. The highest BCUT2D eigenvalue weighted by Gasteiger charge is 2.47. The summed E-state index contributed by atoms with van der Waals surface area (Å²) in [6.07, 6.45) is -0.851. The molecule has 2 unspecified atom stereocenters. The largest absolute Gasteiger partial charge is 0.390 e. The Bertz CT molecular complexity index is 516. The lowest BCUT2D eigenvalue weighted by atomic mass is 9.82. The molecule has 20 heavy (non-hydrogen) atoms. The topological polar surface area (TPSA) is 40.5 Å². The molecule has 2 aromatic rings. The second kappa shape index (κ2) is 5.60. The molecule has 0 bridgehead atoms. The molecule has 1 aliphatic rings. The zero-order chi connectivity index (χ0) is 14.0. The zero-order valence-electron chi connectivity index (χ0n) is 11.1. The Morgan fingerprint density at radius 3 is 1.85 bits per heavy atom. The molecule has 1 saturated heterocycles. The minimum atomic E-state index is -0.800. The zero-order valence-corrected chi connectivity index (χ0v) is 12.0. The minimum absolute atomic E-state index is 0.583. The van der Waals surface area contributed by atoms with Crippen LogP contribution in [-0.4, -0.2) is 28.2 Å². The lowest BCUT2D eigenvalue weighted by Gasteiger charge is -2.44. The molecule has 104 valence electrons. The van der Waals surface area contributed by atoms with Crippen molar-refractivity contribution in [2.45, 2.75) is 23.4 Å². The van der Waals surface area contributed by atoms with E-state index in [9.17, 15) is 10.2 Å². The molecule has 2 atom stereocenters. The summed E-state index contributed by atoms with van der Waals surface area (Å²) in [4.78, 5) is 0. The first-order chi connectivity index (χ1) is 9.75. The van der Waals surface area contributed by atoms with Crippen molar-refractivity contribution in [3.8, 4) is 0 Å². The van der Waals surface area contributed by atoms with Gasteiger partial charge in [-0.2, -0.15) is 0 Å². The summed E-state index contributed by atoms with van der Waals surface area (Å²) < 4.78 is -0.583. The fourth-order valence-corrected chi connectivity index (χ4v) is 4.52. The Balaban J connectivity index is 2.18. The van der Waals surface area contributed by atoms with E-state index in [1.54, 1.807) is 11.8 Å². The van der Waals surface area contributed by atoms with Crippen LogP contribution in [0, 0.1) is 0 Å². The Labute approximate surface area is 123 Å². The Morgan fingerprint density at radius 1 is 0.850 bits per heavy atom. The van der Waals surface area contributed by atoms with Crippen LogP contribution in [0.25, 0.3) is 0 Å². The third kappa shape index (κ3) is 2.16. The van der Waals surface area contributed by atoms with Crippen molar-refractivity contribution in [2.75, 3.05) is 5.75 Å². The SMILES string of the molecule is OC1CCSC(c2ccccc2)(c2ccccc2)C1O. The van der Waals surface area contributed by atoms with Crippen LogP contribution in [0.5, 0.6) is 0 Å². The van der Waals surface area contributed by atoms with Gasteiger partial charge in [0, 0.05) is 0 Å². The summed E-state index contributed by atoms with van der Waals surface area (Å²) in [7, 11) is 0. The average Bonchev–Trinajstić information content (AvgIpc) is 2.52. The first kappa shape index (κ1) is 13.7. The number of thioether (sulfide) groups is 1. The van der Waals surface area contributed by atoms with Crippen LogP contribution in [0.15, 0.2) is 60.7 Å². The molecule has 0 spiro atoms. The lowest BCUT2D eigenvalue weighted by Crippen LogP contribution is -2.48. The van der Waals surface area contributed by atoms with Crippen molar-refractivity contribution in [1.29, 1.82) is 0 Å². The average molecular weight is 286 g/mol. The molecular weight excluding hydrogens is 268 g/mol. The molecule has 0 aromatic heterocycles. The summed E-state index contributed by atoms with van der Waals surface area (Å²) in [5, 5.41) is 20.9. The van der Waals surface area contributed by atoms with E-state index in [4.69, 9.17) is 0 Å². The van der Waals surface area contributed by atoms with Gasteiger partial charge in [0.15, 0.2) is 0 Å². The summed E-state index contributed by atoms with van der Waals surface area (Å²) in [5.41, 5.74) is 2.09. The maximum atomic E-state index is 10.7. The molecular formula is C17H18O2S. The highest BCUT2D eigenvalue weighted by atomic mass is 32.2. The van der Waals surface area contributed by atoms with Crippen molar-refractivity contribution >= 4 is 11.8 Å². The van der Waals surface area contributed by atoms with E-state index in [0.717, 1.165) is 16.9 Å². The Hall–Kier alpha value is -1.29. The molecule has 3 rings (SSSR count). The van der Waals surface area contributed by atoms with Crippen molar-refractivity contribution in [1.82, 2.24) is 0 Å². The van der Waals surface area contributed by atoms with E-state index >= 15 is 0 Å². The van der Waals surface area contributed by atoms with E-state index in [-0.39, 0.29) is 0 Å². The number of hydrogen-bond donors (Lipinski definition) is 2. The second-order valence-electron chi connectivity index (χ2n) is 5.12. The van der Waals surface area contributed by atoms with E-state index in [0.29, 0.717) is 6.42 Å². The molecule has 1 heterocycles. The van der Waals surface area contributed by atoms with Gasteiger partial charge in [-0.15, -0.1) is 11.8 Å².